The largest absolute Gasteiger partial charge is 0.350 e. The summed E-state index contributed by atoms with van der Waals surface area (Å²) >= 11 is 0. The number of carbonyl (C=O) groups excluding carboxylic acids is 1. The van der Waals surface area contributed by atoms with Gasteiger partial charge in [0.25, 0.3) is 5.91 Å². The minimum absolute atomic E-state index is 0.211. The summed E-state index contributed by atoms with van der Waals surface area (Å²) in [7, 11) is 1.92. The van der Waals surface area contributed by atoms with E-state index in [1.54, 1.807) is 6.20 Å². The molecule has 126 valence electrons. The monoisotopic (exact) mass is 332 g/mol. The molecule has 0 spiro atoms. The summed E-state index contributed by atoms with van der Waals surface area (Å²) in [5.74, 6) is 0.476. The van der Waals surface area contributed by atoms with Gasteiger partial charge in [0, 0.05) is 19.3 Å². The Morgan fingerprint density at radius 1 is 0.960 bits per heavy atom. The standard InChI is InChI=1S/C20H20N4O/c1-24(17-10-6-3-7-11-17)19-15-22-18(14-23-19)20(25)21-13-12-16-8-4-2-5-9-16/h2-11,14-15H,12-13H2,1H3,(H,21,25). The molecule has 0 aliphatic rings. The van der Waals surface area contributed by atoms with E-state index in [1.807, 2.05) is 72.6 Å². The molecule has 0 atom stereocenters. The topological polar surface area (TPSA) is 58.1 Å². The van der Waals surface area contributed by atoms with Crippen molar-refractivity contribution in [3.63, 3.8) is 0 Å². The molecule has 0 unspecified atom stereocenters. The molecule has 3 rings (SSSR count). The molecule has 0 aliphatic heterocycles. The summed E-state index contributed by atoms with van der Waals surface area (Å²) < 4.78 is 0. The molecule has 0 saturated carbocycles. The maximum atomic E-state index is 12.2. The number of hydrogen-bond acceptors (Lipinski definition) is 4. The Balaban J connectivity index is 1.57. The van der Waals surface area contributed by atoms with Gasteiger partial charge in [0.1, 0.15) is 5.69 Å². The highest BCUT2D eigenvalue weighted by atomic mass is 16.1. The molecule has 0 saturated heterocycles. The van der Waals surface area contributed by atoms with Crippen LogP contribution in [0.5, 0.6) is 0 Å². The molecule has 5 nitrogen and oxygen atoms in total. The van der Waals surface area contributed by atoms with E-state index in [2.05, 4.69) is 15.3 Å². The average molecular weight is 332 g/mol. The van der Waals surface area contributed by atoms with Crippen molar-refractivity contribution in [2.45, 2.75) is 6.42 Å². The predicted molar refractivity (Wildman–Crippen MR) is 99.0 cm³/mol. The molecule has 25 heavy (non-hydrogen) atoms. The van der Waals surface area contributed by atoms with Gasteiger partial charge >= 0.3 is 0 Å². The van der Waals surface area contributed by atoms with E-state index in [4.69, 9.17) is 0 Å². The summed E-state index contributed by atoms with van der Waals surface area (Å²) in [6.45, 7) is 0.566. The number of rotatable bonds is 6. The summed E-state index contributed by atoms with van der Waals surface area (Å²) in [5.41, 5.74) is 2.52. The molecule has 0 radical (unpaired) electrons. The minimum Gasteiger partial charge on any atom is -0.350 e. The summed E-state index contributed by atoms with van der Waals surface area (Å²) in [6, 6.07) is 19.9. The fourth-order valence-electron chi connectivity index (χ4n) is 2.45. The third kappa shape index (κ3) is 4.41. The van der Waals surface area contributed by atoms with Crippen molar-refractivity contribution in [1.29, 1.82) is 0 Å². The molecule has 2 aromatic carbocycles. The van der Waals surface area contributed by atoms with Crippen molar-refractivity contribution in [3.8, 4) is 0 Å². The summed E-state index contributed by atoms with van der Waals surface area (Å²) in [5, 5.41) is 2.87. The Bertz CT molecular complexity index is 804. The van der Waals surface area contributed by atoms with Gasteiger partial charge in [0.15, 0.2) is 5.82 Å². The third-order valence-corrected chi connectivity index (χ3v) is 3.90. The van der Waals surface area contributed by atoms with Crippen LogP contribution in [0.25, 0.3) is 0 Å². The van der Waals surface area contributed by atoms with Gasteiger partial charge in [-0.1, -0.05) is 48.5 Å². The van der Waals surface area contributed by atoms with Gasteiger partial charge in [-0.25, -0.2) is 9.97 Å². The van der Waals surface area contributed by atoms with Crippen LogP contribution in [0.15, 0.2) is 73.1 Å². The molecule has 1 aromatic heterocycles. The number of amides is 1. The molecular weight excluding hydrogens is 312 g/mol. The first-order valence-corrected chi connectivity index (χ1v) is 8.17. The van der Waals surface area contributed by atoms with Crippen molar-refractivity contribution >= 4 is 17.4 Å². The van der Waals surface area contributed by atoms with Crippen LogP contribution >= 0.6 is 0 Å². The lowest BCUT2D eigenvalue weighted by molar-refractivity contribution is 0.0949. The second-order valence-electron chi connectivity index (χ2n) is 5.65. The second-order valence-corrected chi connectivity index (χ2v) is 5.65. The van der Waals surface area contributed by atoms with Crippen LogP contribution in [0.1, 0.15) is 16.1 Å². The lowest BCUT2D eigenvalue weighted by atomic mass is 10.1. The van der Waals surface area contributed by atoms with E-state index in [1.165, 1.54) is 11.8 Å². The predicted octanol–water partition coefficient (Wildman–Crippen LogP) is 3.22. The summed E-state index contributed by atoms with van der Waals surface area (Å²) in [6.07, 6.45) is 3.90. The number of aromatic nitrogens is 2. The molecule has 0 bridgehead atoms. The van der Waals surface area contributed by atoms with Crippen LogP contribution in [0.2, 0.25) is 0 Å². The maximum absolute atomic E-state index is 12.2. The Morgan fingerprint density at radius 3 is 2.28 bits per heavy atom. The molecule has 1 amide bonds. The van der Waals surface area contributed by atoms with Crippen molar-refractivity contribution < 1.29 is 4.79 Å². The van der Waals surface area contributed by atoms with Crippen LogP contribution < -0.4 is 10.2 Å². The smallest absolute Gasteiger partial charge is 0.271 e. The highest BCUT2D eigenvalue weighted by molar-refractivity contribution is 5.92. The lowest BCUT2D eigenvalue weighted by Crippen LogP contribution is -2.26. The van der Waals surface area contributed by atoms with Crippen LogP contribution in [-0.4, -0.2) is 29.5 Å². The van der Waals surface area contributed by atoms with Crippen LogP contribution in [0.4, 0.5) is 11.5 Å². The van der Waals surface area contributed by atoms with E-state index in [9.17, 15) is 4.79 Å². The SMILES string of the molecule is CN(c1ccccc1)c1cnc(C(=O)NCCc2ccccc2)cn1. The number of para-hydroxylation sites is 1. The Hall–Kier alpha value is -3.21. The fraction of sp³-hybridized carbons (Fsp3) is 0.150. The highest BCUT2D eigenvalue weighted by Crippen LogP contribution is 2.19. The first-order valence-electron chi connectivity index (χ1n) is 8.17. The molecule has 1 heterocycles. The van der Waals surface area contributed by atoms with Crippen molar-refractivity contribution in [3.05, 3.63) is 84.3 Å². The van der Waals surface area contributed by atoms with Crippen molar-refractivity contribution in [2.75, 3.05) is 18.5 Å². The normalized spacial score (nSPS) is 10.3. The number of anilines is 2. The molecule has 5 heteroatoms. The number of benzene rings is 2. The first kappa shape index (κ1) is 16.6. The van der Waals surface area contributed by atoms with E-state index < -0.39 is 0 Å². The highest BCUT2D eigenvalue weighted by Gasteiger charge is 2.10. The fourth-order valence-corrected chi connectivity index (χ4v) is 2.45. The Labute approximate surface area is 147 Å². The van der Waals surface area contributed by atoms with Gasteiger partial charge in [0.2, 0.25) is 0 Å². The number of nitrogens with zero attached hydrogens (tertiary/aromatic N) is 3. The van der Waals surface area contributed by atoms with Crippen molar-refractivity contribution in [1.82, 2.24) is 15.3 Å². The molecule has 3 aromatic rings. The number of hydrogen-bond donors (Lipinski definition) is 1. The van der Waals surface area contributed by atoms with Crippen LogP contribution in [-0.2, 0) is 6.42 Å². The van der Waals surface area contributed by atoms with Gasteiger partial charge in [-0.05, 0) is 24.1 Å². The number of nitrogens with one attached hydrogen (secondary N) is 1. The third-order valence-electron chi connectivity index (χ3n) is 3.90. The quantitative estimate of drug-likeness (QED) is 0.753. The Morgan fingerprint density at radius 2 is 1.64 bits per heavy atom. The minimum atomic E-state index is -0.211. The zero-order valence-corrected chi connectivity index (χ0v) is 14.1. The molecule has 0 fully saturated rings. The van der Waals surface area contributed by atoms with E-state index in [0.717, 1.165) is 12.1 Å². The second kappa shape index (κ2) is 8.06. The van der Waals surface area contributed by atoms with Crippen LogP contribution in [0, 0.1) is 0 Å². The van der Waals surface area contributed by atoms with Gasteiger partial charge in [0.05, 0.1) is 12.4 Å². The Kier molecular flexibility index (Phi) is 5.36. The zero-order chi connectivity index (χ0) is 17.5. The van der Waals surface area contributed by atoms with Gasteiger partial charge < -0.3 is 10.2 Å². The molecule has 0 aliphatic carbocycles. The lowest BCUT2D eigenvalue weighted by Gasteiger charge is -2.17. The molecule has 1 N–H and O–H groups in total. The van der Waals surface area contributed by atoms with E-state index in [-0.39, 0.29) is 5.91 Å². The zero-order valence-electron chi connectivity index (χ0n) is 14.1. The molecular formula is C20H20N4O. The van der Waals surface area contributed by atoms with Gasteiger partial charge in [-0.2, -0.15) is 0 Å². The van der Waals surface area contributed by atoms with Gasteiger partial charge in [-0.3, -0.25) is 4.79 Å². The van der Waals surface area contributed by atoms with Gasteiger partial charge in [-0.15, -0.1) is 0 Å². The van der Waals surface area contributed by atoms with Crippen LogP contribution in [0.3, 0.4) is 0 Å². The van der Waals surface area contributed by atoms with E-state index >= 15 is 0 Å². The first-order chi connectivity index (χ1) is 12.2. The van der Waals surface area contributed by atoms with E-state index in [0.29, 0.717) is 18.1 Å². The maximum Gasteiger partial charge on any atom is 0.271 e. The number of carbonyl (C=O) groups is 1. The summed E-state index contributed by atoms with van der Waals surface area (Å²) in [4.78, 5) is 22.7. The average Bonchev–Trinajstić information content (AvgIpc) is 2.69. The van der Waals surface area contributed by atoms with Crippen molar-refractivity contribution in [2.24, 2.45) is 0 Å².